The average Bonchev–Trinajstić information content (AvgIpc) is 2.27. The molecule has 0 aromatic heterocycles. The normalized spacial score (nSPS) is 11.3. The molecule has 1 aromatic rings. The summed E-state index contributed by atoms with van der Waals surface area (Å²) in [5.74, 6) is 1.16. The van der Waals surface area contributed by atoms with Crippen molar-refractivity contribution < 1.29 is 9.53 Å². The number of halogens is 2. The van der Waals surface area contributed by atoms with Crippen LogP contribution in [0.3, 0.4) is 0 Å². The number of carbonyl (C=O) groups excluding carboxylic acids is 1. The maximum Gasteiger partial charge on any atom is 0.175 e. The van der Waals surface area contributed by atoms with Crippen molar-refractivity contribution in [1.29, 1.82) is 0 Å². The molecule has 0 fully saturated rings. The van der Waals surface area contributed by atoms with Crippen LogP contribution in [0, 0.1) is 5.41 Å². The third kappa shape index (κ3) is 4.57. The van der Waals surface area contributed by atoms with Gasteiger partial charge in [0.2, 0.25) is 0 Å². The monoisotopic (exact) mass is 274 g/mol. The Morgan fingerprint density at radius 1 is 1.29 bits per heavy atom. The van der Waals surface area contributed by atoms with Crippen LogP contribution in [0.15, 0.2) is 24.3 Å². The molecule has 2 nitrogen and oxygen atoms in total. The second-order valence-corrected chi connectivity index (χ2v) is 5.30. The third-order valence-electron chi connectivity index (χ3n) is 2.66. The molecule has 0 N–H and O–H groups in total. The summed E-state index contributed by atoms with van der Waals surface area (Å²) in [6.45, 7) is 3.82. The van der Waals surface area contributed by atoms with Crippen molar-refractivity contribution in [3.8, 4) is 5.75 Å². The first-order chi connectivity index (χ1) is 7.95. The highest BCUT2D eigenvalue weighted by Crippen LogP contribution is 2.23. The van der Waals surface area contributed by atoms with Crippen LogP contribution in [0.5, 0.6) is 5.75 Å². The van der Waals surface area contributed by atoms with E-state index in [1.54, 1.807) is 24.3 Å². The van der Waals surface area contributed by atoms with Gasteiger partial charge in [-0.2, -0.15) is 0 Å². The minimum atomic E-state index is -0.436. The smallest absolute Gasteiger partial charge is 0.175 e. The predicted molar refractivity (Wildman–Crippen MR) is 71.1 cm³/mol. The Balaban J connectivity index is 2.50. The van der Waals surface area contributed by atoms with Crippen molar-refractivity contribution in [3.63, 3.8) is 0 Å². The van der Waals surface area contributed by atoms with Crippen LogP contribution >= 0.6 is 23.2 Å². The first-order valence-corrected chi connectivity index (χ1v) is 6.34. The van der Waals surface area contributed by atoms with E-state index in [-0.39, 0.29) is 12.4 Å². The molecular formula is C13H16Cl2O2. The first kappa shape index (κ1) is 14.3. The molecule has 0 aliphatic rings. The highest BCUT2D eigenvalue weighted by atomic mass is 35.5. The fourth-order valence-corrected chi connectivity index (χ4v) is 1.85. The van der Waals surface area contributed by atoms with Crippen LogP contribution in [0.25, 0.3) is 0 Å². The van der Waals surface area contributed by atoms with Crippen molar-refractivity contribution in [2.45, 2.75) is 20.3 Å². The van der Waals surface area contributed by atoms with Gasteiger partial charge in [0.1, 0.15) is 12.4 Å². The summed E-state index contributed by atoms with van der Waals surface area (Å²) in [5, 5.41) is 0.645. The van der Waals surface area contributed by atoms with E-state index < -0.39 is 5.41 Å². The fourth-order valence-electron chi connectivity index (χ4n) is 1.25. The fraction of sp³-hybridized carbons (Fsp3) is 0.462. The van der Waals surface area contributed by atoms with Crippen molar-refractivity contribution in [3.05, 3.63) is 29.3 Å². The van der Waals surface area contributed by atoms with E-state index in [4.69, 9.17) is 27.9 Å². The Hall–Kier alpha value is -0.730. The van der Waals surface area contributed by atoms with E-state index in [1.807, 2.05) is 13.8 Å². The lowest BCUT2D eigenvalue weighted by atomic mass is 9.85. The Morgan fingerprint density at radius 2 is 1.88 bits per heavy atom. The van der Waals surface area contributed by atoms with E-state index >= 15 is 0 Å². The van der Waals surface area contributed by atoms with Crippen molar-refractivity contribution >= 4 is 29.0 Å². The molecule has 17 heavy (non-hydrogen) atoms. The molecule has 4 heteroatoms. The molecule has 94 valence electrons. The summed E-state index contributed by atoms with van der Waals surface area (Å²) < 4.78 is 5.40. The molecule has 0 bridgehead atoms. The van der Waals surface area contributed by atoms with Crippen molar-refractivity contribution in [2.24, 2.45) is 5.41 Å². The van der Waals surface area contributed by atoms with Gasteiger partial charge in [0.15, 0.2) is 5.78 Å². The van der Waals surface area contributed by atoms with Gasteiger partial charge in [-0.1, -0.05) is 25.4 Å². The number of ether oxygens (including phenoxy) is 1. The Labute approximate surface area is 112 Å². The summed E-state index contributed by atoms with van der Waals surface area (Å²) in [6.07, 6.45) is 0.650. The first-order valence-electron chi connectivity index (χ1n) is 5.43. The maximum absolute atomic E-state index is 11.9. The Bertz CT molecular complexity index is 372. The summed E-state index contributed by atoms with van der Waals surface area (Å²) in [7, 11) is 0. The molecule has 0 atom stereocenters. The SMILES string of the molecule is CC(C)(CCCl)C(=O)COc1ccc(Cl)cc1. The van der Waals surface area contributed by atoms with Gasteiger partial charge in [-0.25, -0.2) is 0 Å². The number of alkyl halides is 1. The van der Waals surface area contributed by atoms with Crippen LogP contribution in [0.1, 0.15) is 20.3 Å². The lowest BCUT2D eigenvalue weighted by Crippen LogP contribution is -2.29. The number of carbonyl (C=O) groups is 1. The minimum Gasteiger partial charge on any atom is -0.486 e. The molecule has 0 amide bonds. The molecule has 0 unspecified atom stereocenters. The number of rotatable bonds is 6. The molecule has 0 radical (unpaired) electrons. The number of benzene rings is 1. The van der Waals surface area contributed by atoms with Crippen molar-refractivity contribution in [1.82, 2.24) is 0 Å². The van der Waals surface area contributed by atoms with Gasteiger partial charge in [-0.3, -0.25) is 4.79 Å². The molecule has 0 spiro atoms. The van der Waals surface area contributed by atoms with Gasteiger partial charge in [0.05, 0.1) is 0 Å². The lowest BCUT2D eigenvalue weighted by molar-refractivity contribution is -0.129. The highest BCUT2D eigenvalue weighted by molar-refractivity contribution is 6.30. The molecule has 0 saturated heterocycles. The third-order valence-corrected chi connectivity index (χ3v) is 3.10. The van der Waals surface area contributed by atoms with E-state index in [2.05, 4.69) is 0 Å². The molecule has 0 aliphatic carbocycles. The van der Waals surface area contributed by atoms with E-state index in [0.29, 0.717) is 23.1 Å². The highest BCUT2D eigenvalue weighted by Gasteiger charge is 2.26. The quantitative estimate of drug-likeness (QED) is 0.735. The molecule has 0 saturated carbocycles. The van der Waals surface area contributed by atoms with E-state index in [1.165, 1.54) is 0 Å². The zero-order chi connectivity index (χ0) is 12.9. The molecule has 1 aromatic carbocycles. The van der Waals surface area contributed by atoms with E-state index in [0.717, 1.165) is 0 Å². The number of hydrogen-bond acceptors (Lipinski definition) is 2. The van der Waals surface area contributed by atoms with Gasteiger partial charge < -0.3 is 4.74 Å². The summed E-state index contributed by atoms with van der Waals surface area (Å²) in [5.41, 5.74) is -0.436. The van der Waals surface area contributed by atoms with Crippen LogP contribution in [0.4, 0.5) is 0 Å². The Morgan fingerprint density at radius 3 is 2.41 bits per heavy atom. The van der Waals surface area contributed by atoms with E-state index in [9.17, 15) is 4.79 Å². The predicted octanol–water partition coefficient (Wildman–Crippen LogP) is 3.94. The summed E-state index contributed by atoms with van der Waals surface area (Å²) >= 11 is 11.4. The standard InChI is InChI=1S/C13H16Cl2O2/c1-13(2,7-8-14)12(16)9-17-11-5-3-10(15)4-6-11/h3-6H,7-9H2,1-2H3. The van der Waals surface area contributed by atoms with Crippen LogP contribution in [-0.4, -0.2) is 18.3 Å². The Kier molecular flexibility index (Phi) is 5.29. The average molecular weight is 275 g/mol. The molecule has 1 rings (SSSR count). The van der Waals surface area contributed by atoms with Crippen LogP contribution in [0.2, 0.25) is 5.02 Å². The maximum atomic E-state index is 11.9. The molecule has 0 heterocycles. The van der Waals surface area contributed by atoms with Crippen molar-refractivity contribution in [2.75, 3.05) is 12.5 Å². The van der Waals surface area contributed by atoms with Crippen LogP contribution < -0.4 is 4.74 Å². The summed E-state index contributed by atoms with van der Waals surface area (Å²) in [6, 6.07) is 6.94. The van der Waals surface area contributed by atoms with Crippen LogP contribution in [-0.2, 0) is 4.79 Å². The topological polar surface area (TPSA) is 26.3 Å². The van der Waals surface area contributed by atoms with Gasteiger partial charge in [0, 0.05) is 16.3 Å². The zero-order valence-corrected chi connectivity index (χ0v) is 11.5. The minimum absolute atomic E-state index is 0.0492. The number of hydrogen-bond donors (Lipinski definition) is 0. The van der Waals surface area contributed by atoms with Gasteiger partial charge in [-0.15, -0.1) is 11.6 Å². The second kappa shape index (κ2) is 6.27. The molecular weight excluding hydrogens is 259 g/mol. The summed E-state index contributed by atoms with van der Waals surface area (Å²) in [4.78, 5) is 11.9. The number of ketones is 1. The number of Topliss-reactive ketones (excluding diaryl/α,β-unsaturated/α-hetero) is 1. The second-order valence-electron chi connectivity index (χ2n) is 4.49. The molecule has 0 aliphatic heterocycles. The van der Waals surface area contributed by atoms with Gasteiger partial charge in [0.25, 0.3) is 0 Å². The largest absolute Gasteiger partial charge is 0.486 e. The van der Waals surface area contributed by atoms with Gasteiger partial charge in [-0.05, 0) is 30.7 Å². The zero-order valence-electron chi connectivity index (χ0n) is 10.0. The lowest BCUT2D eigenvalue weighted by Gasteiger charge is -2.21. The van der Waals surface area contributed by atoms with Gasteiger partial charge >= 0.3 is 0 Å².